The summed E-state index contributed by atoms with van der Waals surface area (Å²) in [4.78, 5) is 0. The van der Waals surface area contributed by atoms with Crippen LogP contribution < -0.4 is 0 Å². The van der Waals surface area contributed by atoms with Crippen LogP contribution in [0.3, 0.4) is 0 Å². The fourth-order valence-electron chi connectivity index (χ4n) is 0.376. The lowest BCUT2D eigenvalue weighted by atomic mass is 10.2. The Balaban J connectivity index is 3.53. The average molecular weight is 154 g/mol. The van der Waals surface area contributed by atoms with E-state index < -0.39 is 10.2 Å². The Kier molecular flexibility index (Phi) is 3.11. The molecule has 0 saturated heterocycles. The molecule has 0 aliphatic rings. The molecule has 0 unspecified atom stereocenters. The summed E-state index contributed by atoms with van der Waals surface area (Å²) in [5, 5.41) is 0. The Hall–Kier alpha value is -0.120. The summed E-state index contributed by atoms with van der Waals surface area (Å²) >= 11 is 0. The van der Waals surface area contributed by atoms with Gasteiger partial charge in [0.05, 0.1) is 5.75 Å². The van der Waals surface area contributed by atoms with E-state index in [0.717, 1.165) is 0 Å². The van der Waals surface area contributed by atoms with Crippen LogP contribution in [0.4, 0.5) is 3.89 Å². The zero-order chi connectivity index (χ0) is 7.49. The van der Waals surface area contributed by atoms with Crippen molar-refractivity contribution in [3.05, 3.63) is 0 Å². The highest BCUT2D eigenvalue weighted by Gasteiger charge is 2.06. The van der Waals surface area contributed by atoms with Crippen LogP contribution in [0.2, 0.25) is 0 Å². The van der Waals surface area contributed by atoms with Crippen molar-refractivity contribution in [2.75, 3.05) is 5.75 Å². The molecular weight excluding hydrogens is 143 g/mol. The molecule has 0 aliphatic heterocycles. The van der Waals surface area contributed by atoms with Crippen LogP contribution in [0, 0.1) is 5.92 Å². The van der Waals surface area contributed by atoms with Crippen LogP contribution in [-0.2, 0) is 10.2 Å². The number of rotatable bonds is 3. The molecule has 0 saturated carbocycles. The minimum Gasteiger partial charge on any atom is -0.195 e. The van der Waals surface area contributed by atoms with Gasteiger partial charge < -0.3 is 0 Å². The van der Waals surface area contributed by atoms with Crippen molar-refractivity contribution in [3.63, 3.8) is 0 Å². The van der Waals surface area contributed by atoms with Gasteiger partial charge in [-0.2, -0.15) is 8.42 Å². The SMILES string of the molecule is CC(C)CCS(=O)(=O)F. The molecule has 0 bridgehead atoms. The molecule has 0 atom stereocenters. The van der Waals surface area contributed by atoms with Crippen molar-refractivity contribution in [2.24, 2.45) is 5.92 Å². The van der Waals surface area contributed by atoms with Gasteiger partial charge in [0.2, 0.25) is 0 Å². The van der Waals surface area contributed by atoms with Gasteiger partial charge in [0, 0.05) is 0 Å². The Bertz CT molecular complexity index is 160. The first-order valence-electron chi connectivity index (χ1n) is 2.84. The third kappa shape index (κ3) is 7.88. The van der Waals surface area contributed by atoms with Gasteiger partial charge in [0.1, 0.15) is 0 Å². The maximum atomic E-state index is 11.7. The Morgan fingerprint density at radius 1 is 1.44 bits per heavy atom. The molecule has 0 N–H and O–H groups in total. The molecule has 0 fully saturated rings. The molecule has 4 heteroatoms. The molecule has 0 aromatic heterocycles. The summed E-state index contributed by atoms with van der Waals surface area (Å²) in [6, 6.07) is 0. The minimum atomic E-state index is -4.22. The molecular formula is C5H11FO2S. The van der Waals surface area contributed by atoms with Gasteiger partial charge in [-0.05, 0) is 12.3 Å². The maximum absolute atomic E-state index is 11.7. The Morgan fingerprint density at radius 2 is 1.89 bits per heavy atom. The third-order valence-corrected chi connectivity index (χ3v) is 1.66. The normalized spacial score (nSPS) is 12.4. The van der Waals surface area contributed by atoms with Crippen LogP contribution >= 0.6 is 0 Å². The highest BCUT2D eigenvalue weighted by Crippen LogP contribution is 2.03. The first kappa shape index (κ1) is 8.88. The molecule has 0 aromatic carbocycles. The quantitative estimate of drug-likeness (QED) is 0.575. The second-order valence-electron chi connectivity index (χ2n) is 2.43. The lowest BCUT2D eigenvalue weighted by molar-refractivity contribution is 0.536. The van der Waals surface area contributed by atoms with Crippen LogP contribution in [0.15, 0.2) is 0 Å². The predicted octanol–water partition coefficient (Wildman–Crippen LogP) is 1.33. The van der Waals surface area contributed by atoms with E-state index in [2.05, 4.69) is 0 Å². The Morgan fingerprint density at radius 3 is 2.00 bits per heavy atom. The van der Waals surface area contributed by atoms with Gasteiger partial charge in [-0.25, -0.2) is 0 Å². The fraction of sp³-hybridized carbons (Fsp3) is 1.00. The highest BCUT2D eigenvalue weighted by molar-refractivity contribution is 7.86. The molecule has 9 heavy (non-hydrogen) atoms. The summed E-state index contributed by atoms with van der Waals surface area (Å²) in [5.74, 6) is -0.0967. The lowest BCUT2D eigenvalue weighted by Gasteiger charge is -1.98. The van der Waals surface area contributed by atoms with Crippen molar-refractivity contribution >= 4 is 10.2 Å². The van der Waals surface area contributed by atoms with E-state index in [1.165, 1.54) is 0 Å². The number of halogens is 1. The first-order valence-corrected chi connectivity index (χ1v) is 4.39. The summed E-state index contributed by atoms with van der Waals surface area (Å²) in [7, 11) is -4.22. The molecule has 0 spiro atoms. The lowest BCUT2D eigenvalue weighted by Crippen LogP contribution is -2.01. The van der Waals surface area contributed by atoms with Crippen LogP contribution in [0.1, 0.15) is 20.3 Å². The van der Waals surface area contributed by atoms with Gasteiger partial charge in [-0.3, -0.25) is 0 Å². The van der Waals surface area contributed by atoms with Gasteiger partial charge in [-0.15, -0.1) is 3.89 Å². The summed E-state index contributed by atoms with van der Waals surface area (Å²) in [5.41, 5.74) is 0. The molecule has 0 radical (unpaired) electrons. The smallest absolute Gasteiger partial charge is 0.195 e. The standard InChI is InChI=1S/C5H11FO2S/c1-5(2)3-4-9(6,7)8/h5H,3-4H2,1-2H3. The minimum absolute atomic E-state index is 0.246. The maximum Gasteiger partial charge on any atom is 0.302 e. The van der Waals surface area contributed by atoms with E-state index in [-0.39, 0.29) is 11.7 Å². The van der Waals surface area contributed by atoms with E-state index in [9.17, 15) is 12.3 Å². The summed E-state index contributed by atoms with van der Waals surface area (Å²) < 4.78 is 31.5. The summed E-state index contributed by atoms with van der Waals surface area (Å²) in [6.45, 7) is 3.70. The predicted molar refractivity (Wildman–Crippen MR) is 34.3 cm³/mol. The van der Waals surface area contributed by atoms with Gasteiger partial charge in [-0.1, -0.05) is 13.8 Å². The molecule has 56 valence electrons. The molecule has 0 rings (SSSR count). The highest BCUT2D eigenvalue weighted by atomic mass is 32.3. The van der Waals surface area contributed by atoms with Gasteiger partial charge in [0.25, 0.3) is 0 Å². The monoisotopic (exact) mass is 154 g/mol. The second-order valence-corrected chi connectivity index (χ2v) is 3.91. The molecule has 0 amide bonds. The van der Waals surface area contributed by atoms with Gasteiger partial charge in [0.15, 0.2) is 0 Å². The molecule has 0 heterocycles. The third-order valence-electron chi connectivity index (χ3n) is 0.939. The first-order chi connectivity index (χ1) is 3.92. The molecule has 0 aromatic rings. The van der Waals surface area contributed by atoms with E-state index in [1.807, 2.05) is 13.8 Å². The molecule has 2 nitrogen and oxygen atoms in total. The van der Waals surface area contributed by atoms with Crippen molar-refractivity contribution in [2.45, 2.75) is 20.3 Å². The van der Waals surface area contributed by atoms with E-state index >= 15 is 0 Å². The zero-order valence-electron chi connectivity index (χ0n) is 5.59. The fourth-order valence-corrected chi connectivity index (χ4v) is 1.13. The van der Waals surface area contributed by atoms with Crippen molar-refractivity contribution < 1.29 is 12.3 Å². The molecule has 0 aliphatic carbocycles. The van der Waals surface area contributed by atoms with Crippen molar-refractivity contribution in [1.29, 1.82) is 0 Å². The van der Waals surface area contributed by atoms with Crippen LogP contribution in [0.5, 0.6) is 0 Å². The summed E-state index contributed by atoms with van der Waals surface area (Å²) in [6.07, 6.45) is 0.402. The number of hydrogen-bond acceptors (Lipinski definition) is 2. The zero-order valence-corrected chi connectivity index (χ0v) is 6.41. The van der Waals surface area contributed by atoms with Crippen molar-refractivity contribution in [1.82, 2.24) is 0 Å². The van der Waals surface area contributed by atoms with E-state index in [4.69, 9.17) is 0 Å². The second kappa shape index (κ2) is 3.15. The van der Waals surface area contributed by atoms with Crippen LogP contribution in [0.25, 0.3) is 0 Å². The van der Waals surface area contributed by atoms with Crippen molar-refractivity contribution in [3.8, 4) is 0 Å². The number of hydrogen-bond donors (Lipinski definition) is 0. The van der Waals surface area contributed by atoms with E-state index in [1.54, 1.807) is 0 Å². The van der Waals surface area contributed by atoms with Gasteiger partial charge >= 0.3 is 10.2 Å². The van der Waals surface area contributed by atoms with E-state index in [0.29, 0.717) is 6.42 Å². The Labute approximate surface area is 55.3 Å². The van der Waals surface area contributed by atoms with Crippen LogP contribution in [-0.4, -0.2) is 14.2 Å². The largest absolute Gasteiger partial charge is 0.302 e. The average Bonchev–Trinajstić information content (AvgIpc) is 1.59. The topological polar surface area (TPSA) is 34.1 Å².